The van der Waals surface area contributed by atoms with E-state index in [9.17, 15) is 19.5 Å². The molecule has 3 rings (SSSR count). The lowest BCUT2D eigenvalue weighted by Crippen LogP contribution is -2.32. The van der Waals surface area contributed by atoms with Gasteiger partial charge in [-0.1, -0.05) is 0 Å². The molecule has 0 aliphatic carbocycles. The van der Waals surface area contributed by atoms with Crippen molar-refractivity contribution in [3.05, 3.63) is 51.7 Å². The van der Waals surface area contributed by atoms with Gasteiger partial charge in [0.25, 0.3) is 11.7 Å². The Kier molecular flexibility index (Phi) is 7.12. The second kappa shape index (κ2) is 9.66. The molecule has 9 heteroatoms. The number of H-pyrrole nitrogens is 1. The zero-order valence-corrected chi connectivity index (χ0v) is 19.9. The highest BCUT2D eigenvalue weighted by molar-refractivity contribution is 6.46. The molecule has 0 unspecified atom stereocenters. The summed E-state index contributed by atoms with van der Waals surface area (Å²) in [5.41, 5.74) is 1.37. The summed E-state index contributed by atoms with van der Waals surface area (Å²) in [6.07, 6.45) is 0.644. The lowest BCUT2D eigenvalue weighted by atomic mass is 9.97. The van der Waals surface area contributed by atoms with Crippen LogP contribution in [0.4, 0.5) is 0 Å². The maximum Gasteiger partial charge on any atom is 0.355 e. The molecule has 1 fully saturated rings. The number of carbonyl (C=O) groups excluding carboxylic acids is 3. The number of esters is 1. The molecule has 0 radical (unpaired) electrons. The van der Waals surface area contributed by atoms with E-state index >= 15 is 0 Å². The number of rotatable bonds is 8. The first-order valence-corrected chi connectivity index (χ1v) is 10.9. The Morgan fingerprint density at radius 2 is 1.94 bits per heavy atom. The number of aromatic nitrogens is 1. The molecule has 9 nitrogen and oxygen atoms in total. The Labute approximate surface area is 193 Å². The van der Waals surface area contributed by atoms with Gasteiger partial charge in [0.05, 0.1) is 12.2 Å². The Morgan fingerprint density at radius 1 is 1.24 bits per heavy atom. The Balaban J connectivity index is 2.13. The van der Waals surface area contributed by atoms with Crippen LogP contribution in [-0.4, -0.2) is 71.3 Å². The highest BCUT2D eigenvalue weighted by Gasteiger charge is 2.47. The van der Waals surface area contributed by atoms with Crippen LogP contribution < -0.4 is 0 Å². The molecular formula is C24H31N3O6. The molecular weight excluding hydrogens is 426 g/mol. The molecule has 1 saturated heterocycles. The number of aliphatic hydroxyl groups is 1. The van der Waals surface area contributed by atoms with E-state index in [1.54, 1.807) is 39.8 Å². The predicted octanol–water partition coefficient (Wildman–Crippen LogP) is 3.08. The van der Waals surface area contributed by atoms with Crippen LogP contribution in [0.25, 0.3) is 5.76 Å². The third kappa shape index (κ3) is 4.59. The van der Waals surface area contributed by atoms with Crippen LogP contribution >= 0.6 is 0 Å². The molecule has 1 amide bonds. The summed E-state index contributed by atoms with van der Waals surface area (Å²) in [6.45, 7) is 8.07. The first-order valence-electron chi connectivity index (χ1n) is 10.9. The Bertz CT molecular complexity index is 1110. The molecule has 33 heavy (non-hydrogen) atoms. The van der Waals surface area contributed by atoms with Gasteiger partial charge in [0.1, 0.15) is 29.0 Å². The normalized spacial score (nSPS) is 17.9. The largest absolute Gasteiger partial charge is 0.507 e. The number of nitrogens with zero attached hydrogens (tertiary/aromatic N) is 2. The Hall–Kier alpha value is -3.33. The van der Waals surface area contributed by atoms with E-state index in [4.69, 9.17) is 9.15 Å². The molecule has 1 aliphatic heterocycles. The molecule has 1 aliphatic rings. The predicted molar refractivity (Wildman–Crippen MR) is 122 cm³/mol. The number of Topliss-reactive ketones (excluding diaryl/α,β-unsaturated/α-hetero) is 1. The van der Waals surface area contributed by atoms with E-state index in [1.807, 2.05) is 19.0 Å². The minimum Gasteiger partial charge on any atom is -0.507 e. The molecule has 178 valence electrons. The van der Waals surface area contributed by atoms with E-state index in [2.05, 4.69) is 4.98 Å². The molecule has 1 atom stereocenters. The number of ketones is 1. The number of furan rings is 1. The van der Waals surface area contributed by atoms with E-state index in [0.717, 1.165) is 6.54 Å². The smallest absolute Gasteiger partial charge is 0.355 e. The van der Waals surface area contributed by atoms with Gasteiger partial charge in [-0.05, 0) is 72.5 Å². The quantitative estimate of drug-likeness (QED) is 0.271. The van der Waals surface area contributed by atoms with Crippen molar-refractivity contribution in [1.29, 1.82) is 0 Å². The van der Waals surface area contributed by atoms with Crippen LogP contribution in [-0.2, 0) is 14.3 Å². The zero-order chi connectivity index (χ0) is 24.4. The molecule has 0 aromatic carbocycles. The standard InChI is InChI=1S/C24H31N3O6/c1-7-32-24(31)19-14(3)17(15(4)25-19)21(28)18-20(16-10-9-13(2)33-16)27(23(30)22(18)29)12-8-11-26(5)6/h9-10,20,25,28H,7-8,11-12H2,1-6H3/b21-18+/t20-/m0/s1. The van der Waals surface area contributed by atoms with Gasteiger partial charge in [-0.2, -0.15) is 0 Å². The first-order chi connectivity index (χ1) is 15.6. The van der Waals surface area contributed by atoms with Gasteiger partial charge in [-0.25, -0.2) is 4.79 Å². The maximum absolute atomic E-state index is 13.1. The van der Waals surface area contributed by atoms with Crippen LogP contribution in [0.3, 0.4) is 0 Å². The summed E-state index contributed by atoms with van der Waals surface area (Å²) in [7, 11) is 3.86. The summed E-state index contributed by atoms with van der Waals surface area (Å²) in [5, 5.41) is 11.3. The Morgan fingerprint density at radius 3 is 2.52 bits per heavy atom. The number of aromatic amines is 1. The van der Waals surface area contributed by atoms with Crippen molar-refractivity contribution in [3.63, 3.8) is 0 Å². The summed E-state index contributed by atoms with van der Waals surface area (Å²) in [6, 6.07) is 2.60. The average Bonchev–Trinajstić information content (AvgIpc) is 3.37. The second-order valence-corrected chi connectivity index (χ2v) is 8.44. The van der Waals surface area contributed by atoms with Crippen LogP contribution in [0.2, 0.25) is 0 Å². The molecule has 2 aromatic heterocycles. The number of likely N-dealkylation sites (tertiary alicyclic amines) is 1. The van der Waals surface area contributed by atoms with Crippen LogP contribution in [0.5, 0.6) is 0 Å². The van der Waals surface area contributed by atoms with Crippen molar-refractivity contribution >= 4 is 23.4 Å². The summed E-state index contributed by atoms with van der Waals surface area (Å²) < 4.78 is 10.9. The number of carbonyl (C=O) groups is 3. The van der Waals surface area contributed by atoms with Gasteiger partial charge in [0, 0.05) is 17.8 Å². The average molecular weight is 458 g/mol. The fourth-order valence-corrected chi connectivity index (χ4v) is 4.21. The van der Waals surface area contributed by atoms with Crippen LogP contribution in [0.15, 0.2) is 22.1 Å². The highest BCUT2D eigenvalue weighted by Crippen LogP contribution is 2.41. The van der Waals surface area contributed by atoms with E-state index < -0.39 is 23.7 Å². The van der Waals surface area contributed by atoms with Gasteiger partial charge in [-0.15, -0.1) is 0 Å². The van der Waals surface area contributed by atoms with Gasteiger partial charge in [0.2, 0.25) is 0 Å². The summed E-state index contributed by atoms with van der Waals surface area (Å²) in [4.78, 5) is 44.8. The number of nitrogens with one attached hydrogen (secondary N) is 1. The number of aryl methyl sites for hydroxylation is 2. The maximum atomic E-state index is 13.1. The van der Waals surface area contributed by atoms with E-state index in [0.29, 0.717) is 41.3 Å². The minimum atomic E-state index is -0.861. The van der Waals surface area contributed by atoms with Crippen LogP contribution in [0, 0.1) is 20.8 Å². The third-order valence-corrected chi connectivity index (χ3v) is 5.73. The van der Waals surface area contributed by atoms with Gasteiger partial charge < -0.3 is 29.0 Å². The minimum absolute atomic E-state index is 0.0557. The van der Waals surface area contributed by atoms with Crippen molar-refractivity contribution in [2.45, 2.75) is 40.2 Å². The third-order valence-electron chi connectivity index (χ3n) is 5.73. The zero-order valence-electron chi connectivity index (χ0n) is 19.9. The van der Waals surface area contributed by atoms with Crippen molar-refractivity contribution < 1.29 is 28.6 Å². The summed E-state index contributed by atoms with van der Waals surface area (Å²) >= 11 is 0. The topological polar surface area (TPSA) is 116 Å². The molecule has 3 heterocycles. The monoisotopic (exact) mass is 457 g/mol. The fourth-order valence-electron chi connectivity index (χ4n) is 4.21. The number of hydrogen-bond acceptors (Lipinski definition) is 7. The molecule has 0 spiro atoms. The lowest BCUT2D eigenvalue weighted by Gasteiger charge is -2.24. The van der Waals surface area contributed by atoms with Gasteiger partial charge in [0.15, 0.2) is 0 Å². The number of hydrogen-bond donors (Lipinski definition) is 2. The van der Waals surface area contributed by atoms with Gasteiger partial charge >= 0.3 is 5.97 Å². The van der Waals surface area contributed by atoms with Gasteiger partial charge in [-0.3, -0.25) is 9.59 Å². The summed E-state index contributed by atoms with van der Waals surface area (Å²) in [5.74, 6) is -1.35. The molecule has 2 N–H and O–H groups in total. The van der Waals surface area contributed by atoms with E-state index in [1.165, 1.54) is 4.90 Å². The second-order valence-electron chi connectivity index (χ2n) is 8.44. The van der Waals surface area contributed by atoms with Crippen LogP contribution in [0.1, 0.15) is 58.2 Å². The van der Waals surface area contributed by atoms with Crippen molar-refractivity contribution in [2.75, 3.05) is 33.8 Å². The fraction of sp³-hybridized carbons (Fsp3) is 0.458. The number of amides is 1. The highest BCUT2D eigenvalue weighted by atomic mass is 16.5. The first kappa shape index (κ1) is 24.3. The molecule has 0 saturated carbocycles. The number of ether oxygens (including phenoxy) is 1. The van der Waals surface area contributed by atoms with Crippen molar-refractivity contribution in [2.24, 2.45) is 0 Å². The molecule has 2 aromatic rings. The number of aliphatic hydroxyl groups excluding tert-OH is 1. The van der Waals surface area contributed by atoms with Crippen molar-refractivity contribution in [1.82, 2.24) is 14.8 Å². The SMILES string of the molecule is CCOC(=O)c1[nH]c(C)c(/C(O)=C2\C(=O)C(=O)N(CCCN(C)C)[C@H]2c2ccc(C)o2)c1C. The molecule has 0 bridgehead atoms. The van der Waals surface area contributed by atoms with E-state index in [-0.39, 0.29) is 23.6 Å². The lowest BCUT2D eigenvalue weighted by molar-refractivity contribution is -0.140. The van der Waals surface area contributed by atoms with Crippen molar-refractivity contribution in [3.8, 4) is 0 Å².